The monoisotopic (exact) mass is 315 g/mol. The molecule has 0 aliphatic rings. The average Bonchev–Trinajstić information content (AvgIpc) is 2.57. The molecule has 5 heteroatoms. The molecule has 4 nitrogen and oxygen atoms in total. The van der Waals surface area contributed by atoms with Crippen LogP contribution < -0.4 is 10.6 Å². The molecule has 0 bridgehead atoms. The number of rotatable bonds is 7. The highest BCUT2D eigenvalue weighted by Crippen LogP contribution is 2.18. The number of benzene rings is 1. The van der Waals surface area contributed by atoms with Gasteiger partial charge in [-0.15, -0.1) is 0 Å². The lowest BCUT2D eigenvalue weighted by Gasteiger charge is -2.19. The Balaban J connectivity index is 2.06. The summed E-state index contributed by atoms with van der Waals surface area (Å²) in [5, 5.41) is 5.61. The molecule has 2 N–H and O–H groups in total. The fourth-order valence-corrected chi connectivity index (χ4v) is 2.27. The van der Waals surface area contributed by atoms with Crippen LogP contribution in [0.1, 0.15) is 29.2 Å². The Morgan fingerprint density at radius 2 is 2.04 bits per heavy atom. The normalized spacial score (nSPS) is 11.7. The number of urea groups is 1. The highest BCUT2D eigenvalue weighted by atomic mass is 19.1. The molecule has 0 saturated heterocycles. The number of halogens is 1. The summed E-state index contributed by atoms with van der Waals surface area (Å²) in [6.07, 6.45) is 4.44. The van der Waals surface area contributed by atoms with Crippen molar-refractivity contribution in [1.82, 2.24) is 15.6 Å². The van der Waals surface area contributed by atoms with Gasteiger partial charge in [-0.1, -0.05) is 35.9 Å². The van der Waals surface area contributed by atoms with Gasteiger partial charge in [-0.05, 0) is 37.0 Å². The molecular weight excluding hydrogens is 293 g/mol. The predicted molar refractivity (Wildman–Crippen MR) is 89.0 cm³/mol. The Morgan fingerprint density at radius 1 is 1.26 bits per heavy atom. The van der Waals surface area contributed by atoms with E-state index in [0.717, 1.165) is 11.1 Å². The zero-order valence-electron chi connectivity index (χ0n) is 13.3. The van der Waals surface area contributed by atoms with Crippen LogP contribution in [0.3, 0.4) is 0 Å². The fraction of sp³-hybridized carbons (Fsp3) is 0.333. The summed E-state index contributed by atoms with van der Waals surface area (Å²) >= 11 is 0. The van der Waals surface area contributed by atoms with Gasteiger partial charge in [-0.2, -0.15) is 0 Å². The van der Waals surface area contributed by atoms with Gasteiger partial charge >= 0.3 is 6.03 Å². The largest absolute Gasteiger partial charge is 0.338 e. The summed E-state index contributed by atoms with van der Waals surface area (Å²) in [7, 11) is 0. The number of carbonyl (C=O) groups excluding carboxylic acids is 1. The van der Waals surface area contributed by atoms with Crippen LogP contribution in [0.25, 0.3) is 0 Å². The molecule has 1 unspecified atom stereocenters. The Labute approximate surface area is 136 Å². The van der Waals surface area contributed by atoms with Crippen molar-refractivity contribution in [2.75, 3.05) is 13.2 Å². The van der Waals surface area contributed by atoms with E-state index in [2.05, 4.69) is 39.9 Å². The van der Waals surface area contributed by atoms with Crippen molar-refractivity contribution in [3.63, 3.8) is 0 Å². The van der Waals surface area contributed by atoms with Gasteiger partial charge in [0.25, 0.3) is 0 Å². The average molecular weight is 315 g/mol. The number of aromatic nitrogens is 1. The number of aryl methyl sites for hydroxylation is 1. The minimum atomic E-state index is -0.435. The summed E-state index contributed by atoms with van der Waals surface area (Å²) in [4.78, 5) is 16.1. The first-order chi connectivity index (χ1) is 11.2. The molecule has 1 aromatic carbocycles. The molecule has 0 fully saturated rings. The molecule has 2 rings (SSSR count). The molecule has 0 radical (unpaired) electrons. The van der Waals surface area contributed by atoms with Crippen molar-refractivity contribution in [3.05, 3.63) is 65.5 Å². The Hall–Kier alpha value is -2.43. The molecule has 0 saturated carbocycles. The van der Waals surface area contributed by atoms with Crippen LogP contribution in [0.15, 0.2) is 48.8 Å². The summed E-state index contributed by atoms with van der Waals surface area (Å²) in [6, 6.07) is 11.5. The van der Waals surface area contributed by atoms with Crippen LogP contribution in [0, 0.1) is 6.92 Å². The third-order valence-electron chi connectivity index (χ3n) is 3.55. The van der Waals surface area contributed by atoms with Gasteiger partial charge in [0, 0.05) is 18.9 Å². The SMILES string of the molecule is Cc1ccc(CC(NC(=O)NCCCF)c2cccnc2)cc1. The predicted octanol–water partition coefficient (Wildman–Crippen LogP) is 3.33. The van der Waals surface area contributed by atoms with Gasteiger partial charge in [-0.3, -0.25) is 9.37 Å². The smallest absolute Gasteiger partial charge is 0.315 e. The molecule has 0 aliphatic heterocycles. The highest BCUT2D eigenvalue weighted by molar-refractivity contribution is 5.74. The summed E-state index contributed by atoms with van der Waals surface area (Å²) in [5.41, 5.74) is 3.27. The van der Waals surface area contributed by atoms with E-state index in [9.17, 15) is 9.18 Å². The van der Waals surface area contributed by atoms with Crippen molar-refractivity contribution < 1.29 is 9.18 Å². The Bertz CT molecular complexity index is 601. The molecule has 122 valence electrons. The van der Waals surface area contributed by atoms with E-state index in [1.807, 2.05) is 19.1 Å². The fourth-order valence-electron chi connectivity index (χ4n) is 2.27. The molecular formula is C18H22FN3O. The van der Waals surface area contributed by atoms with Gasteiger partial charge < -0.3 is 10.6 Å². The van der Waals surface area contributed by atoms with E-state index in [1.54, 1.807) is 12.4 Å². The van der Waals surface area contributed by atoms with Crippen molar-refractivity contribution in [2.24, 2.45) is 0 Å². The topological polar surface area (TPSA) is 54.0 Å². The number of nitrogens with zero attached hydrogens (tertiary/aromatic N) is 1. The maximum absolute atomic E-state index is 12.1. The van der Waals surface area contributed by atoms with Gasteiger partial charge in [0.05, 0.1) is 12.7 Å². The molecule has 0 aliphatic carbocycles. The third-order valence-corrected chi connectivity index (χ3v) is 3.55. The third kappa shape index (κ3) is 5.70. The first kappa shape index (κ1) is 16.9. The van der Waals surface area contributed by atoms with Crippen LogP contribution in [0.4, 0.5) is 9.18 Å². The quantitative estimate of drug-likeness (QED) is 0.770. The number of pyridine rings is 1. The van der Waals surface area contributed by atoms with Crippen molar-refractivity contribution >= 4 is 6.03 Å². The molecule has 2 aromatic rings. The number of amides is 2. The lowest BCUT2D eigenvalue weighted by atomic mass is 9.99. The van der Waals surface area contributed by atoms with Crippen molar-refractivity contribution in [2.45, 2.75) is 25.8 Å². The van der Waals surface area contributed by atoms with E-state index in [-0.39, 0.29) is 12.1 Å². The molecule has 0 spiro atoms. The number of hydrogen-bond acceptors (Lipinski definition) is 2. The maximum Gasteiger partial charge on any atom is 0.315 e. The van der Waals surface area contributed by atoms with Crippen molar-refractivity contribution in [1.29, 1.82) is 0 Å². The lowest BCUT2D eigenvalue weighted by molar-refractivity contribution is 0.236. The standard InChI is InChI=1S/C18H22FN3O/c1-14-5-7-15(8-6-14)12-17(16-4-2-10-20-13-16)22-18(23)21-11-3-9-19/h2,4-8,10,13,17H,3,9,11-12H2,1H3,(H2,21,22,23). The molecule has 1 atom stereocenters. The second-order valence-corrected chi connectivity index (χ2v) is 5.47. The second-order valence-electron chi connectivity index (χ2n) is 5.47. The van der Waals surface area contributed by atoms with Crippen LogP contribution in [0.5, 0.6) is 0 Å². The van der Waals surface area contributed by atoms with Gasteiger partial charge in [0.15, 0.2) is 0 Å². The van der Waals surface area contributed by atoms with Gasteiger partial charge in [0.1, 0.15) is 0 Å². The number of hydrogen-bond donors (Lipinski definition) is 2. The van der Waals surface area contributed by atoms with Crippen LogP contribution in [-0.4, -0.2) is 24.2 Å². The van der Waals surface area contributed by atoms with Crippen molar-refractivity contribution in [3.8, 4) is 0 Å². The second kappa shape index (κ2) is 8.88. The lowest BCUT2D eigenvalue weighted by Crippen LogP contribution is -2.39. The molecule has 1 heterocycles. The van der Waals surface area contributed by atoms with E-state index in [0.29, 0.717) is 19.4 Å². The summed E-state index contributed by atoms with van der Waals surface area (Å²) in [5.74, 6) is 0. The number of alkyl halides is 1. The summed E-state index contributed by atoms with van der Waals surface area (Å²) < 4.78 is 12.1. The first-order valence-corrected chi connectivity index (χ1v) is 7.75. The zero-order valence-corrected chi connectivity index (χ0v) is 13.3. The van der Waals surface area contributed by atoms with E-state index < -0.39 is 6.67 Å². The van der Waals surface area contributed by atoms with Gasteiger partial charge in [-0.25, -0.2) is 4.79 Å². The van der Waals surface area contributed by atoms with Crippen LogP contribution >= 0.6 is 0 Å². The molecule has 1 aromatic heterocycles. The number of carbonyl (C=O) groups is 1. The van der Waals surface area contributed by atoms with Crippen LogP contribution in [-0.2, 0) is 6.42 Å². The molecule has 2 amide bonds. The van der Waals surface area contributed by atoms with Gasteiger partial charge in [0.2, 0.25) is 0 Å². The molecule has 23 heavy (non-hydrogen) atoms. The minimum absolute atomic E-state index is 0.184. The number of nitrogens with one attached hydrogen (secondary N) is 2. The summed E-state index contributed by atoms with van der Waals surface area (Å²) in [6.45, 7) is 1.93. The maximum atomic E-state index is 12.1. The van der Waals surface area contributed by atoms with E-state index in [1.165, 1.54) is 5.56 Å². The Kier molecular flexibility index (Phi) is 6.54. The van der Waals surface area contributed by atoms with Crippen LogP contribution in [0.2, 0.25) is 0 Å². The van der Waals surface area contributed by atoms with E-state index in [4.69, 9.17) is 0 Å². The highest BCUT2D eigenvalue weighted by Gasteiger charge is 2.15. The van der Waals surface area contributed by atoms with E-state index >= 15 is 0 Å². The zero-order chi connectivity index (χ0) is 16.5. The Morgan fingerprint density at radius 3 is 2.70 bits per heavy atom. The first-order valence-electron chi connectivity index (χ1n) is 7.75. The minimum Gasteiger partial charge on any atom is -0.338 e.